The van der Waals surface area contributed by atoms with Crippen molar-refractivity contribution >= 4 is 36.0 Å². The number of aliphatic imine (C=N–C) groups is 1. The number of guanidine groups is 1. The molecular weight excluding hydrogens is 449 g/mol. The van der Waals surface area contributed by atoms with E-state index in [4.69, 9.17) is 9.73 Å². The second-order valence-electron chi connectivity index (χ2n) is 6.16. The Morgan fingerprint density at radius 3 is 2.77 bits per heavy atom. The van der Waals surface area contributed by atoms with Crippen LogP contribution in [-0.2, 0) is 18.3 Å². The van der Waals surface area contributed by atoms with E-state index in [0.29, 0.717) is 25.6 Å². The number of carbonyl (C=O) groups excluding carboxylic acids is 1. The maximum Gasteiger partial charge on any atom is 0.407 e. The zero-order valence-corrected chi connectivity index (χ0v) is 18.3. The van der Waals surface area contributed by atoms with Crippen LogP contribution in [0, 0.1) is 5.92 Å². The van der Waals surface area contributed by atoms with Crippen LogP contribution in [-0.4, -0.2) is 64.5 Å². The van der Waals surface area contributed by atoms with Gasteiger partial charge in [0.15, 0.2) is 5.96 Å². The van der Waals surface area contributed by atoms with Gasteiger partial charge in [0.25, 0.3) is 0 Å². The summed E-state index contributed by atoms with van der Waals surface area (Å²) in [6.07, 6.45) is 3.42. The summed E-state index contributed by atoms with van der Waals surface area (Å²) in [5, 5.41) is 10.3. The SMILES string of the molecule is CCNC(=NCC(NC(=O)OCC)C1CC1)N(C)Cc1ncnn1C.I. The van der Waals surface area contributed by atoms with Gasteiger partial charge in [-0.2, -0.15) is 5.10 Å². The lowest BCUT2D eigenvalue weighted by Crippen LogP contribution is -2.42. The summed E-state index contributed by atoms with van der Waals surface area (Å²) in [5.41, 5.74) is 0. The molecule has 1 aromatic heterocycles. The van der Waals surface area contributed by atoms with Crippen LogP contribution in [0.3, 0.4) is 0 Å². The Morgan fingerprint density at radius 1 is 1.50 bits per heavy atom. The smallest absolute Gasteiger partial charge is 0.407 e. The molecule has 1 aromatic rings. The molecule has 0 aliphatic heterocycles. The van der Waals surface area contributed by atoms with Crippen molar-refractivity contribution in [2.75, 3.05) is 26.7 Å². The molecule has 0 aromatic carbocycles. The van der Waals surface area contributed by atoms with Crippen LogP contribution >= 0.6 is 24.0 Å². The summed E-state index contributed by atoms with van der Waals surface area (Å²) in [6.45, 7) is 6.09. The summed E-state index contributed by atoms with van der Waals surface area (Å²) in [4.78, 5) is 22.7. The number of amides is 1. The summed E-state index contributed by atoms with van der Waals surface area (Å²) in [5.74, 6) is 2.12. The molecule has 0 spiro atoms. The Kier molecular flexibility index (Phi) is 9.66. The van der Waals surface area contributed by atoms with E-state index >= 15 is 0 Å². The number of rotatable bonds is 8. The van der Waals surface area contributed by atoms with Crippen LogP contribution < -0.4 is 10.6 Å². The molecule has 2 N–H and O–H groups in total. The normalized spacial score (nSPS) is 15.0. The van der Waals surface area contributed by atoms with Gasteiger partial charge in [-0.15, -0.1) is 24.0 Å². The van der Waals surface area contributed by atoms with Crippen molar-refractivity contribution in [1.29, 1.82) is 0 Å². The van der Waals surface area contributed by atoms with E-state index in [0.717, 1.165) is 31.2 Å². The van der Waals surface area contributed by atoms with Gasteiger partial charge < -0.3 is 20.3 Å². The van der Waals surface area contributed by atoms with Crippen molar-refractivity contribution in [3.8, 4) is 0 Å². The highest BCUT2D eigenvalue weighted by atomic mass is 127. The predicted octanol–water partition coefficient (Wildman–Crippen LogP) is 1.36. The van der Waals surface area contributed by atoms with Crippen LogP contribution in [0.5, 0.6) is 0 Å². The Balaban J connectivity index is 0.00000338. The van der Waals surface area contributed by atoms with Gasteiger partial charge in [0, 0.05) is 20.6 Å². The summed E-state index contributed by atoms with van der Waals surface area (Å²) < 4.78 is 6.74. The van der Waals surface area contributed by atoms with Gasteiger partial charge >= 0.3 is 6.09 Å². The largest absolute Gasteiger partial charge is 0.450 e. The van der Waals surface area contributed by atoms with Crippen molar-refractivity contribution in [2.24, 2.45) is 18.0 Å². The van der Waals surface area contributed by atoms with E-state index < -0.39 is 0 Å². The molecule has 1 fully saturated rings. The van der Waals surface area contributed by atoms with Crippen molar-refractivity contribution in [2.45, 2.75) is 39.3 Å². The molecule has 148 valence electrons. The molecule has 1 aliphatic carbocycles. The van der Waals surface area contributed by atoms with Crippen LogP contribution in [0.4, 0.5) is 4.79 Å². The number of halogens is 1. The number of alkyl carbamates (subject to hydrolysis) is 1. The highest BCUT2D eigenvalue weighted by Gasteiger charge is 2.32. The molecule has 0 saturated heterocycles. The Bertz CT molecular complexity index is 589. The minimum Gasteiger partial charge on any atom is -0.450 e. The molecule has 1 heterocycles. The van der Waals surface area contributed by atoms with Gasteiger partial charge in [-0.05, 0) is 32.6 Å². The van der Waals surface area contributed by atoms with Gasteiger partial charge in [-0.25, -0.2) is 9.78 Å². The van der Waals surface area contributed by atoms with Crippen molar-refractivity contribution < 1.29 is 9.53 Å². The number of carbonyl (C=O) groups is 1. The van der Waals surface area contributed by atoms with Gasteiger partial charge in [-0.1, -0.05) is 0 Å². The monoisotopic (exact) mass is 479 g/mol. The van der Waals surface area contributed by atoms with E-state index in [1.165, 1.54) is 0 Å². The zero-order valence-electron chi connectivity index (χ0n) is 15.9. The van der Waals surface area contributed by atoms with Crippen molar-refractivity contribution in [1.82, 2.24) is 30.3 Å². The van der Waals surface area contributed by atoms with Crippen molar-refractivity contribution in [3.05, 3.63) is 12.2 Å². The van der Waals surface area contributed by atoms with Crippen LogP contribution in [0.1, 0.15) is 32.5 Å². The molecule has 26 heavy (non-hydrogen) atoms. The average Bonchev–Trinajstić information content (AvgIpc) is 3.34. The first-order valence-electron chi connectivity index (χ1n) is 8.80. The molecule has 1 amide bonds. The summed E-state index contributed by atoms with van der Waals surface area (Å²) in [6, 6.07) is 0.0101. The maximum absolute atomic E-state index is 11.7. The average molecular weight is 479 g/mol. The third-order valence-electron chi connectivity index (χ3n) is 4.09. The number of nitrogens with zero attached hydrogens (tertiary/aromatic N) is 5. The second-order valence-corrected chi connectivity index (χ2v) is 6.16. The lowest BCUT2D eigenvalue weighted by Gasteiger charge is -2.23. The third-order valence-corrected chi connectivity index (χ3v) is 4.09. The standard InChI is InChI=1S/C16H29N7O2.HI/c1-5-17-15(22(3)10-14-19-11-20-23(14)4)18-9-13(12-7-8-12)21-16(24)25-6-2;/h11-13H,5-10H2,1-4H3,(H,17,18)(H,21,24);1H. The third kappa shape index (κ3) is 6.96. The van der Waals surface area contributed by atoms with E-state index in [2.05, 4.69) is 20.7 Å². The lowest BCUT2D eigenvalue weighted by molar-refractivity contribution is 0.147. The number of aromatic nitrogens is 3. The van der Waals surface area contributed by atoms with E-state index in [1.54, 1.807) is 17.9 Å². The van der Waals surface area contributed by atoms with E-state index in [9.17, 15) is 4.79 Å². The Morgan fingerprint density at radius 2 is 2.23 bits per heavy atom. The summed E-state index contributed by atoms with van der Waals surface area (Å²) >= 11 is 0. The minimum absolute atomic E-state index is 0. The van der Waals surface area contributed by atoms with E-state index in [1.807, 2.05) is 25.9 Å². The van der Waals surface area contributed by atoms with Gasteiger partial charge in [-0.3, -0.25) is 9.67 Å². The molecular formula is C16H30IN7O2. The highest BCUT2D eigenvalue weighted by molar-refractivity contribution is 14.0. The minimum atomic E-state index is -0.368. The molecule has 1 atom stereocenters. The fraction of sp³-hybridized carbons (Fsp3) is 0.750. The van der Waals surface area contributed by atoms with Crippen molar-refractivity contribution in [3.63, 3.8) is 0 Å². The van der Waals surface area contributed by atoms with Crippen LogP contribution in [0.25, 0.3) is 0 Å². The molecule has 1 saturated carbocycles. The zero-order chi connectivity index (χ0) is 18.2. The quantitative estimate of drug-likeness (QED) is 0.332. The molecule has 9 nitrogen and oxygen atoms in total. The fourth-order valence-electron chi connectivity index (χ4n) is 2.54. The van der Waals surface area contributed by atoms with Crippen LogP contribution in [0.15, 0.2) is 11.3 Å². The Labute approximate surface area is 172 Å². The van der Waals surface area contributed by atoms with Gasteiger partial charge in [0.1, 0.15) is 12.2 Å². The topological polar surface area (TPSA) is 96.7 Å². The Hall–Kier alpha value is -1.59. The molecule has 0 radical (unpaired) electrons. The van der Waals surface area contributed by atoms with Gasteiger partial charge in [0.05, 0.1) is 25.7 Å². The number of hydrogen-bond acceptors (Lipinski definition) is 5. The molecule has 0 bridgehead atoms. The fourth-order valence-corrected chi connectivity index (χ4v) is 2.54. The number of aryl methyl sites for hydroxylation is 1. The predicted molar refractivity (Wildman–Crippen MR) is 111 cm³/mol. The maximum atomic E-state index is 11.7. The highest BCUT2D eigenvalue weighted by Crippen LogP contribution is 2.32. The summed E-state index contributed by atoms with van der Waals surface area (Å²) in [7, 11) is 3.83. The lowest BCUT2D eigenvalue weighted by atomic mass is 10.2. The first kappa shape index (κ1) is 22.5. The molecule has 10 heteroatoms. The molecule has 2 rings (SSSR count). The number of nitrogens with one attached hydrogen (secondary N) is 2. The molecule has 1 aliphatic rings. The van der Waals surface area contributed by atoms with Gasteiger partial charge in [0.2, 0.25) is 0 Å². The van der Waals surface area contributed by atoms with Crippen LogP contribution in [0.2, 0.25) is 0 Å². The second kappa shape index (κ2) is 11.2. The number of hydrogen-bond donors (Lipinski definition) is 2. The molecule has 1 unspecified atom stereocenters. The first-order valence-corrected chi connectivity index (χ1v) is 8.80. The van der Waals surface area contributed by atoms with E-state index in [-0.39, 0.29) is 36.1 Å². The first-order chi connectivity index (χ1) is 12.0. The number of ether oxygens (including phenoxy) is 1.